The van der Waals surface area contributed by atoms with Gasteiger partial charge < -0.3 is 10.0 Å². The fourth-order valence-corrected chi connectivity index (χ4v) is 1.86. The number of likely N-dealkylation sites (N-methyl/N-ethyl adjacent to an activating group) is 1. The van der Waals surface area contributed by atoms with Crippen LogP contribution in [0.25, 0.3) is 11.3 Å². The number of H-pyrrole nitrogens is 1. The molecular weight excluding hydrogens is 230 g/mol. The normalized spacial score (nSPS) is 10.7. The molecule has 2 aromatic heterocycles. The quantitative estimate of drug-likeness (QED) is 0.839. The molecule has 0 saturated heterocycles. The monoisotopic (exact) mass is 247 g/mol. The summed E-state index contributed by atoms with van der Waals surface area (Å²) in [4.78, 5) is 1.85. The largest absolute Gasteiger partial charge is 0.395 e. The minimum Gasteiger partial charge on any atom is -0.395 e. The van der Waals surface area contributed by atoms with Crippen molar-refractivity contribution in [2.24, 2.45) is 0 Å². The fourth-order valence-electron chi connectivity index (χ4n) is 1.86. The van der Waals surface area contributed by atoms with Crippen LogP contribution in [0.4, 0.5) is 5.82 Å². The molecule has 0 unspecified atom stereocenters. The summed E-state index contributed by atoms with van der Waals surface area (Å²) < 4.78 is 0. The van der Waals surface area contributed by atoms with Crippen LogP contribution in [0.2, 0.25) is 0 Å². The van der Waals surface area contributed by atoms with E-state index < -0.39 is 0 Å². The first kappa shape index (κ1) is 12.5. The van der Waals surface area contributed by atoms with E-state index in [1.165, 1.54) is 0 Å². The number of aryl methyl sites for hydroxylation is 2. The maximum absolute atomic E-state index is 8.87. The van der Waals surface area contributed by atoms with Crippen molar-refractivity contribution in [1.29, 1.82) is 0 Å². The van der Waals surface area contributed by atoms with Gasteiger partial charge in [0.25, 0.3) is 0 Å². The molecule has 96 valence electrons. The van der Waals surface area contributed by atoms with Crippen LogP contribution in [0, 0.1) is 13.8 Å². The molecule has 0 spiro atoms. The lowest BCUT2D eigenvalue weighted by Gasteiger charge is -2.15. The summed E-state index contributed by atoms with van der Waals surface area (Å²) in [6.07, 6.45) is 0. The number of nitrogens with one attached hydrogen (secondary N) is 1. The molecule has 6 nitrogen and oxygen atoms in total. The minimum atomic E-state index is 0.0971. The Bertz CT molecular complexity index is 500. The average molecular weight is 247 g/mol. The van der Waals surface area contributed by atoms with E-state index in [1.807, 2.05) is 37.9 Å². The molecule has 0 aliphatic heterocycles. The van der Waals surface area contributed by atoms with Crippen molar-refractivity contribution >= 4 is 5.82 Å². The number of nitrogens with zero attached hydrogens (tertiary/aromatic N) is 4. The number of hydrogen-bond acceptors (Lipinski definition) is 5. The summed E-state index contributed by atoms with van der Waals surface area (Å²) in [6.45, 7) is 4.53. The smallest absolute Gasteiger partial charge is 0.151 e. The molecular formula is C12H17N5O. The molecule has 0 fully saturated rings. The Kier molecular flexibility index (Phi) is 3.57. The van der Waals surface area contributed by atoms with Crippen molar-refractivity contribution in [3.63, 3.8) is 0 Å². The summed E-state index contributed by atoms with van der Waals surface area (Å²) in [6, 6.07) is 3.81. The summed E-state index contributed by atoms with van der Waals surface area (Å²) in [5.74, 6) is 0.742. The Balaban J connectivity index is 2.28. The highest BCUT2D eigenvalue weighted by Crippen LogP contribution is 2.23. The van der Waals surface area contributed by atoms with Gasteiger partial charge in [-0.1, -0.05) is 0 Å². The molecule has 0 atom stereocenters. The number of aromatic nitrogens is 4. The molecule has 18 heavy (non-hydrogen) atoms. The van der Waals surface area contributed by atoms with Crippen LogP contribution in [0.5, 0.6) is 0 Å². The van der Waals surface area contributed by atoms with Crippen LogP contribution in [-0.4, -0.2) is 45.7 Å². The standard InChI is InChI=1S/C12H17N5O/c1-8-12(9(2)14-13-8)10-4-5-11(16-15-10)17(3)6-7-18/h4-5,18H,6-7H2,1-3H3,(H,13,14). The summed E-state index contributed by atoms with van der Waals surface area (Å²) >= 11 is 0. The van der Waals surface area contributed by atoms with Crippen molar-refractivity contribution in [1.82, 2.24) is 20.4 Å². The molecule has 2 N–H and O–H groups in total. The van der Waals surface area contributed by atoms with E-state index in [0.29, 0.717) is 6.54 Å². The average Bonchev–Trinajstić information content (AvgIpc) is 2.70. The molecule has 0 aromatic carbocycles. The molecule has 6 heteroatoms. The lowest BCUT2D eigenvalue weighted by Crippen LogP contribution is -2.22. The zero-order valence-corrected chi connectivity index (χ0v) is 10.8. The Hall–Kier alpha value is -1.95. The highest BCUT2D eigenvalue weighted by Gasteiger charge is 2.11. The first-order valence-corrected chi connectivity index (χ1v) is 5.81. The predicted octanol–water partition coefficient (Wildman–Crippen LogP) is 0.912. The van der Waals surface area contributed by atoms with Gasteiger partial charge in [-0.25, -0.2) is 0 Å². The molecule has 2 rings (SSSR count). The third kappa shape index (κ3) is 2.33. The summed E-state index contributed by atoms with van der Waals surface area (Å²) in [5.41, 5.74) is 3.70. The second kappa shape index (κ2) is 5.14. The number of anilines is 1. The number of hydrogen-bond donors (Lipinski definition) is 2. The van der Waals surface area contributed by atoms with Crippen molar-refractivity contribution < 1.29 is 5.11 Å². The minimum absolute atomic E-state index is 0.0971. The number of aromatic amines is 1. The molecule has 0 aliphatic rings. The highest BCUT2D eigenvalue weighted by atomic mass is 16.3. The number of aliphatic hydroxyl groups is 1. The maximum atomic E-state index is 8.87. The van der Waals surface area contributed by atoms with Gasteiger partial charge in [-0.15, -0.1) is 10.2 Å². The first-order chi connectivity index (χ1) is 8.63. The van der Waals surface area contributed by atoms with Crippen LogP contribution >= 0.6 is 0 Å². The van der Waals surface area contributed by atoms with Gasteiger partial charge in [0.2, 0.25) is 0 Å². The van der Waals surface area contributed by atoms with Crippen LogP contribution < -0.4 is 4.90 Å². The van der Waals surface area contributed by atoms with Gasteiger partial charge in [0, 0.05) is 24.8 Å². The van der Waals surface area contributed by atoms with Gasteiger partial charge in [0.05, 0.1) is 18.0 Å². The Morgan fingerprint density at radius 2 is 2.06 bits per heavy atom. The van der Waals surface area contributed by atoms with Gasteiger partial charge in [0.15, 0.2) is 5.82 Å². The van der Waals surface area contributed by atoms with E-state index in [0.717, 1.165) is 28.5 Å². The Morgan fingerprint density at radius 3 is 2.56 bits per heavy atom. The summed E-state index contributed by atoms with van der Waals surface area (Å²) in [5, 5.41) is 24.3. The third-order valence-electron chi connectivity index (χ3n) is 2.86. The van der Waals surface area contributed by atoms with Crippen LogP contribution in [-0.2, 0) is 0 Å². The van der Waals surface area contributed by atoms with Gasteiger partial charge in [-0.2, -0.15) is 5.10 Å². The van der Waals surface area contributed by atoms with Crippen LogP contribution in [0.3, 0.4) is 0 Å². The zero-order chi connectivity index (χ0) is 13.1. The van der Waals surface area contributed by atoms with Crippen molar-refractivity contribution in [2.45, 2.75) is 13.8 Å². The van der Waals surface area contributed by atoms with Crippen molar-refractivity contribution in [2.75, 3.05) is 25.1 Å². The summed E-state index contributed by atoms with van der Waals surface area (Å²) in [7, 11) is 1.87. The Morgan fingerprint density at radius 1 is 1.28 bits per heavy atom. The van der Waals surface area contributed by atoms with E-state index in [4.69, 9.17) is 5.11 Å². The molecule has 2 heterocycles. The van der Waals surface area contributed by atoms with E-state index in [-0.39, 0.29) is 6.61 Å². The van der Waals surface area contributed by atoms with Crippen molar-refractivity contribution in [3.8, 4) is 11.3 Å². The molecule has 0 amide bonds. The molecule has 0 radical (unpaired) electrons. The van der Waals surface area contributed by atoms with Crippen molar-refractivity contribution in [3.05, 3.63) is 23.5 Å². The number of rotatable bonds is 4. The first-order valence-electron chi connectivity index (χ1n) is 5.81. The van der Waals surface area contributed by atoms with E-state index in [9.17, 15) is 0 Å². The second-order valence-electron chi connectivity index (χ2n) is 4.23. The lowest BCUT2D eigenvalue weighted by atomic mass is 10.1. The van der Waals surface area contributed by atoms with Crippen LogP contribution in [0.15, 0.2) is 12.1 Å². The van der Waals surface area contributed by atoms with Gasteiger partial charge in [0.1, 0.15) is 0 Å². The Labute approximate surface area is 106 Å². The van der Waals surface area contributed by atoms with Gasteiger partial charge in [-0.3, -0.25) is 5.10 Å². The van der Waals surface area contributed by atoms with Crippen LogP contribution in [0.1, 0.15) is 11.4 Å². The topological polar surface area (TPSA) is 77.9 Å². The SMILES string of the molecule is Cc1n[nH]c(C)c1-c1ccc(N(C)CCO)nn1. The highest BCUT2D eigenvalue weighted by molar-refractivity contribution is 5.64. The van der Waals surface area contributed by atoms with E-state index >= 15 is 0 Å². The number of aliphatic hydroxyl groups excluding tert-OH is 1. The van der Waals surface area contributed by atoms with E-state index in [2.05, 4.69) is 20.4 Å². The predicted molar refractivity (Wildman–Crippen MR) is 69.4 cm³/mol. The van der Waals surface area contributed by atoms with Gasteiger partial charge in [-0.05, 0) is 26.0 Å². The van der Waals surface area contributed by atoms with Gasteiger partial charge >= 0.3 is 0 Å². The molecule has 0 aliphatic carbocycles. The fraction of sp³-hybridized carbons (Fsp3) is 0.417. The third-order valence-corrected chi connectivity index (χ3v) is 2.86. The van der Waals surface area contributed by atoms with E-state index in [1.54, 1.807) is 0 Å². The lowest BCUT2D eigenvalue weighted by molar-refractivity contribution is 0.303. The molecule has 0 bridgehead atoms. The molecule has 0 saturated carbocycles. The zero-order valence-electron chi connectivity index (χ0n) is 10.8. The maximum Gasteiger partial charge on any atom is 0.151 e. The second-order valence-corrected chi connectivity index (χ2v) is 4.23. The molecule has 2 aromatic rings.